The van der Waals surface area contributed by atoms with E-state index in [0.29, 0.717) is 12.5 Å². The number of carbonyl (C=O) groups is 1. The van der Waals surface area contributed by atoms with Crippen molar-refractivity contribution >= 4 is 11.6 Å². The lowest BCUT2D eigenvalue weighted by molar-refractivity contribution is -0.114. The molecule has 1 atom stereocenters. The van der Waals surface area contributed by atoms with Crippen LogP contribution in [0.5, 0.6) is 11.5 Å². The van der Waals surface area contributed by atoms with Crippen molar-refractivity contribution in [3.05, 3.63) is 53.6 Å². The minimum atomic E-state index is -0.0647. The van der Waals surface area contributed by atoms with Crippen molar-refractivity contribution in [2.24, 2.45) is 5.92 Å². The van der Waals surface area contributed by atoms with Crippen molar-refractivity contribution in [3.63, 3.8) is 0 Å². The summed E-state index contributed by atoms with van der Waals surface area (Å²) >= 11 is 0. The Balaban J connectivity index is 1.94. The predicted octanol–water partition coefficient (Wildman–Crippen LogP) is 4.93. The van der Waals surface area contributed by atoms with E-state index in [0.717, 1.165) is 41.3 Å². The van der Waals surface area contributed by atoms with Crippen LogP contribution < -0.4 is 20.1 Å². The lowest BCUT2D eigenvalue weighted by Gasteiger charge is -2.18. The largest absolute Gasteiger partial charge is 0.493 e. The Bertz CT molecular complexity index is 757. The fraction of sp³-hybridized carbons (Fsp3) is 0.435. The second kappa shape index (κ2) is 10.7. The van der Waals surface area contributed by atoms with Crippen LogP contribution in [0.15, 0.2) is 42.5 Å². The summed E-state index contributed by atoms with van der Waals surface area (Å²) in [6, 6.07) is 14.1. The highest BCUT2D eigenvalue weighted by molar-refractivity contribution is 5.88. The molecule has 5 heteroatoms. The van der Waals surface area contributed by atoms with Gasteiger partial charge in [-0.05, 0) is 54.7 Å². The quantitative estimate of drug-likeness (QED) is 0.610. The third-order valence-electron chi connectivity index (χ3n) is 4.53. The molecule has 28 heavy (non-hydrogen) atoms. The first kappa shape index (κ1) is 21.8. The maximum atomic E-state index is 11.1. The Morgan fingerprint density at radius 1 is 1.04 bits per heavy atom. The van der Waals surface area contributed by atoms with Gasteiger partial charge in [-0.25, -0.2) is 0 Å². The van der Waals surface area contributed by atoms with Gasteiger partial charge in [0, 0.05) is 25.2 Å². The van der Waals surface area contributed by atoms with Crippen molar-refractivity contribution < 1.29 is 14.3 Å². The number of hydrogen-bond donors (Lipinski definition) is 2. The summed E-state index contributed by atoms with van der Waals surface area (Å²) < 4.78 is 11.4. The van der Waals surface area contributed by atoms with Crippen LogP contribution in [0.25, 0.3) is 0 Å². The van der Waals surface area contributed by atoms with Crippen molar-refractivity contribution in [3.8, 4) is 11.5 Å². The third-order valence-corrected chi connectivity index (χ3v) is 4.53. The van der Waals surface area contributed by atoms with Crippen molar-refractivity contribution in [1.29, 1.82) is 0 Å². The van der Waals surface area contributed by atoms with Gasteiger partial charge < -0.3 is 20.1 Å². The zero-order valence-corrected chi connectivity index (χ0v) is 17.5. The zero-order chi connectivity index (χ0) is 20.5. The van der Waals surface area contributed by atoms with Crippen LogP contribution in [0.1, 0.15) is 51.3 Å². The number of carbonyl (C=O) groups excluding carboxylic acids is 1. The Hall–Kier alpha value is -2.53. The van der Waals surface area contributed by atoms with Gasteiger partial charge in [-0.15, -0.1) is 0 Å². The van der Waals surface area contributed by atoms with Crippen molar-refractivity contribution in [1.82, 2.24) is 5.32 Å². The third kappa shape index (κ3) is 6.89. The maximum Gasteiger partial charge on any atom is 0.221 e. The molecule has 0 radical (unpaired) electrons. The van der Waals surface area contributed by atoms with Gasteiger partial charge in [0.25, 0.3) is 0 Å². The topological polar surface area (TPSA) is 59.6 Å². The summed E-state index contributed by atoms with van der Waals surface area (Å²) in [5.74, 6) is 2.09. The van der Waals surface area contributed by atoms with Crippen LogP contribution in [-0.4, -0.2) is 19.6 Å². The molecule has 0 aliphatic heterocycles. The van der Waals surface area contributed by atoms with Gasteiger partial charge in [-0.2, -0.15) is 0 Å². The molecule has 0 bridgehead atoms. The van der Waals surface area contributed by atoms with Crippen LogP contribution in [0.2, 0.25) is 0 Å². The molecule has 1 amide bonds. The fourth-order valence-corrected chi connectivity index (χ4v) is 2.78. The standard InChI is InChI=1S/C23H32N2O3/c1-16(2)12-13-28-22-11-8-20(14-23(22)27-5)17(3)24-15-19-6-9-21(10-7-19)25-18(4)26/h6-11,14,16-17,24H,12-13,15H2,1-5H3,(H,25,26). The number of methoxy groups -OCH3 is 1. The highest BCUT2D eigenvalue weighted by Crippen LogP contribution is 2.30. The van der Waals surface area contributed by atoms with Crippen LogP contribution in [0.4, 0.5) is 5.69 Å². The number of rotatable bonds is 10. The molecule has 0 spiro atoms. The Morgan fingerprint density at radius 3 is 2.36 bits per heavy atom. The highest BCUT2D eigenvalue weighted by Gasteiger charge is 2.11. The second-order valence-corrected chi connectivity index (χ2v) is 7.42. The minimum Gasteiger partial charge on any atom is -0.493 e. The van der Waals surface area contributed by atoms with E-state index in [2.05, 4.69) is 37.5 Å². The number of anilines is 1. The Labute approximate surface area is 168 Å². The van der Waals surface area contributed by atoms with Crippen molar-refractivity contribution in [2.75, 3.05) is 19.0 Å². The summed E-state index contributed by atoms with van der Waals surface area (Å²) in [4.78, 5) is 11.1. The second-order valence-electron chi connectivity index (χ2n) is 7.42. The lowest BCUT2D eigenvalue weighted by atomic mass is 10.1. The molecule has 0 aliphatic carbocycles. The number of amides is 1. The van der Waals surface area contributed by atoms with Crippen LogP contribution in [0.3, 0.4) is 0 Å². The van der Waals surface area contributed by atoms with E-state index >= 15 is 0 Å². The van der Waals surface area contributed by atoms with E-state index in [9.17, 15) is 4.79 Å². The average molecular weight is 385 g/mol. The highest BCUT2D eigenvalue weighted by atomic mass is 16.5. The van der Waals surface area contributed by atoms with Crippen molar-refractivity contribution in [2.45, 2.75) is 46.7 Å². The first-order valence-electron chi connectivity index (χ1n) is 9.79. The predicted molar refractivity (Wildman–Crippen MR) is 114 cm³/mol. The molecule has 2 aromatic rings. The van der Waals surface area contributed by atoms with E-state index in [1.54, 1.807) is 7.11 Å². The van der Waals surface area contributed by atoms with Gasteiger partial charge in [0.2, 0.25) is 5.91 Å². The van der Waals surface area contributed by atoms with Crippen LogP contribution in [0, 0.1) is 5.92 Å². The van der Waals surface area contributed by atoms with Gasteiger partial charge in [0.05, 0.1) is 13.7 Å². The molecule has 0 saturated heterocycles. The summed E-state index contributed by atoms with van der Waals surface area (Å²) in [7, 11) is 1.67. The number of hydrogen-bond acceptors (Lipinski definition) is 4. The SMILES string of the molecule is COc1cc(C(C)NCc2ccc(NC(C)=O)cc2)ccc1OCCC(C)C. The molecule has 2 rings (SSSR count). The van der Waals surface area contributed by atoms with Gasteiger partial charge in [0.1, 0.15) is 0 Å². The number of ether oxygens (including phenoxy) is 2. The van der Waals surface area contributed by atoms with E-state index in [4.69, 9.17) is 9.47 Å². The molecule has 5 nitrogen and oxygen atoms in total. The molecule has 0 aliphatic rings. The van der Waals surface area contributed by atoms with Crippen LogP contribution >= 0.6 is 0 Å². The molecular formula is C23H32N2O3. The summed E-state index contributed by atoms with van der Waals surface area (Å²) in [5.41, 5.74) is 3.10. The first-order chi connectivity index (χ1) is 13.4. The van der Waals surface area contributed by atoms with Gasteiger partial charge in [-0.3, -0.25) is 4.79 Å². The van der Waals surface area contributed by atoms with Crippen LogP contribution in [-0.2, 0) is 11.3 Å². The van der Waals surface area contributed by atoms with Gasteiger partial charge in [0.15, 0.2) is 11.5 Å². The van der Waals surface area contributed by atoms with Gasteiger partial charge in [-0.1, -0.05) is 32.0 Å². The van der Waals surface area contributed by atoms with E-state index in [-0.39, 0.29) is 11.9 Å². The Morgan fingerprint density at radius 2 is 1.75 bits per heavy atom. The number of nitrogens with one attached hydrogen (secondary N) is 2. The number of benzene rings is 2. The molecular weight excluding hydrogens is 352 g/mol. The average Bonchev–Trinajstić information content (AvgIpc) is 2.66. The summed E-state index contributed by atoms with van der Waals surface area (Å²) in [6.45, 7) is 9.42. The van der Waals surface area contributed by atoms with E-state index in [1.807, 2.05) is 36.4 Å². The van der Waals surface area contributed by atoms with Gasteiger partial charge >= 0.3 is 0 Å². The molecule has 1 unspecified atom stereocenters. The monoisotopic (exact) mass is 384 g/mol. The Kier molecular flexibility index (Phi) is 8.33. The first-order valence-corrected chi connectivity index (χ1v) is 9.79. The summed E-state index contributed by atoms with van der Waals surface area (Å²) in [6.07, 6.45) is 1.02. The normalized spacial score (nSPS) is 11.9. The minimum absolute atomic E-state index is 0.0647. The molecule has 152 valence electrons. The molecule has 2 aromatic carbocycles. The summed E-state index contributed by atoms with van der Waals surface area (Å²) in [5, 5.41) is 6.30. The molecule has 0 fully saturated rings. The lowest BCUT2D eigenvalue weighted by Crippen LogP contribution is -2.18. The molecule has 0 saturated carbocycles. The fourth-order valence-electron chi connectivity index (χ4n) is 2.78. The zero-order valence-electron chi connectivity index (χ0n) is 17.5. The molecule has 2 N–H and O–H groups in total. The smallest absolute Gasteiger partial charge is 0.221 e. The maximum absolute atomic E-state index is 11.1. The molecule has 0 heterocycles. The van der Waals surface area contributed by atoms with E-state index < -0.39 is 0 Å². The van der Waals surface area contributed by atoms with E-state index in [1.165, 1.54) is 6.92 Å². The molecule has 0 aromatic heterocycles.